The zero-order chi connectivity index (χ0) is 15.2. The van der Waals surface area contributed by atoms with Crippen LogP contribution in [0.3, 0.4) is 0 Å². The van der Waals surface area contributed by atoms with Gasteiger partial charge in [-0.05, 0) is 43.0 Å². The molecular formula is C17H22N2OS. The first-order valence-corrected chi connectivity index (χ1v) is 8.09. The maximum Gasteiger partial charge on any atom is 0.254 e. The third-order valence-electron chi connectivity index (χ3n) is 3.72. The van der Waals surface area contributed by atoms with E-state index in [9.17, 15) is 4.79 Å². The minimum Gasteiger partial charge on any atom is -0.339 e. The summed E-state index contributed by atoms with van der Waals surface area (Å²) in [6.45, 7) is 2.64. The summed E-state index contributed by atoms with van der Waals surface area (Å²) in [6, 6.07) is 12.1. The number of rotatable bonds is 6. The van der Waals surface area contributed by atoms with Crippen LogP contribution in [0.15, 0.2) is 41.8 Å². The van der Waals surface area contributed by atoms with Crippen molar-refractivity contribution in [3.8, 4) is 0 Å². The monoisotopic (exact) mass is 302 g/mol. The minimum atomic E-state index is 0.0723. The molecule has 1 heterocycles. The van der Waals surface area contributed by atoms with E-state index in [1.165, 1.54) is 4.88 Å². The van der Waals surface area contributed by atoms with Gasteiger partial charge in [0.2, 0.25) is 0 Å². The van der Waals surface area contributed by atoms with Crippen molar-refractivity contribution in [3.63, 3.8) is 0 Å². The molecular weight excluding hydrogens is 280 g/mol. The second-order valence-electron chi connectivity index (χ2n) is 5.24. The zero-order valence-corrected chi connectivity index (χ0v) is 13.4. The van der Waals surface area contributed by atoms with Crippen molar-refractivity contribution in [1.29, 1.82) is 0 Å². The Hall–Kier alpha value is -1.65. The van der Waals surface area contributed by atoms with Crippen LogP contribution in [0.4, 0.5) is 0 Å². The summed E-state index contributed by atoms with van der Waals surface area (Å²) in [5.41, 5.74) is 7.43. The molecule has 1 aromatic heterocycles. The maximum absolute atomic E-state index is 12.7. The van der Waals surface area contributed by atoms with Gasteiger partial charge in [0.05, 0.1) is 0 Å². The van der Waals surface area contributed by atoms with E-state index in [-0.39, 0.29) is 11.9 Å². The van der Waals surface area contributed by atoms with Crippen molar-refractivity contribution in [2.45, 2.75) is 25.8 Å². The lowest BCUT2D eigenvalue weighted by atomic mass is 10.0. The Morgan fingerprint density at radius 2 is 2.05 bits per heavy atom. The molecule has 1 amide bonds. The molecule has 0 bridgehead atoms. The standard InChI is InChI=1S/C17H22N2OS/c1-13(12-15-7-5-11-21-15)19(2)17(20)16-8-4-3-6-14(16)9-10-18/h3-8,11,13H,9-10,12,18H2,1-2H3. The van der Waals surface area contributed by atoms with Gasteiger partial charge in [-0.2, -0.15) is 0 Å². The van der Waals surface area contributed by atoms with E-state index >= 15 is 0 Å². The number of carbonyl (C=O) groups excluding carboxylic acids is 1. The van der Waals surface area contributed by atoms with Crippen LogP contribution >= 0.6 is 11.3 Å². The topological polar surface area (TPSA) is 46.3 Å². The second-order valence-corrected chi connectivity index (χ2v) is 6.28. The molecule has 112 valence electrons. The third-order valence-corrected chi connectivity index (χ3v) is 4.62. The molecule has 0 spiro atoms. The van der Waals surface area contributed by atoms with Crippen molar-refractivity contribution >= 4 is 17.2 Å². The lowest BCUT2D eigenvalue weighted by Gasteiger charge is -2.25. The molecule has 3 nitrogen and oxygen atoms in total. The van der Waals surface area contributed by atoms with E-state index < -0.39 is 0 Å². The lowest BCUT2D eigenvalue weighted by Crippen LogP contribution is -2.36. The summed E-state index contributed by atoms with van der Waals surface area (Å²) >= 11 is 1.73. The van der Waals surface area contributed by atoms with Gasteiger partial charge in [-0.3, -0.25) is 4.79 Å². The number of hydrogen-bond acceptors (Lipinski definition) is 3. The molecule has 4 heteroatoms. The van der Waals surface area contributed by atoms with Gasteiger partial charge in [0.1, 0.15) is 0 Å². The quantitative estimate of drug-likeness (QED) is 0.892. The summed E-state index contributed by atoms with van der Waals surface area (Å²) < 4.78 is 0. The molecule has 0 aliphatic rings. The van der Waals surface area contributed by atoms with Crippen LogP contribution in [0, 0.1) is 0 Å². The predicted octanol–water partition coefficient (Wildman–Crippen LogP) is 2.95. The van der Waals surface area contributed by atoms with Gasteiger partial charge < -0.3 is 10.6 Å². The predicted molar refractivity (Wildman–Crippen MR) is 88.8 cm³/mol. The molecule has 0 aliphatic heterocycles. The Labute approximate surface area is 130 Å². The number of benzene rings is 1. The largest absolute Gasteiger partial charge is 0.339 e. The number of hydrogen-bond donors (Lipinski definition) is 1. The molecule has 0 saturated carbocycles. The number of nitrogens with zero attached hydrogens (tertiary/aromatic N) is 1. The highest BCUT2D eigenvalue weighted by atomic mass is 32.1. The Bertz CT molecular complexity index is 580. The van der Waals surface area contributed by atoms with E-state index in [4.69, 9.17) is 5.73 Å². The molecule has 0 fully saturated rings. The first kappa shape index (κ1) is 15.7. The maximum atomic E-state index is 12.7. The molecule has 1 aromatic carbocycles. The highest BCUT2D eigenvalue weighted by Crippen LogP contribution is 2.17. The first-order chi connectivity index (χ1) is 10.1. The normalized spacial score (nSPS) is 12.1. The Morgan fingerprint density at radius 1 is 1.29 bits per heavy atom. The molecule has 2 N–H and O–H groups in total. The molecule has 1 unspecified atom stereocenters. The fourth-order valence-corrected chi connectivity index (χ4v) is 3.18. The van der Waals surface area contributed by atoms with Gasteiger partial charge in [-0.25, -0.2) is 0 Å². The van der Waals surface area contributed by atoms with Gasteiger partial charge in [0.25, 0.3) is 5.91 Å². The highest BCUT2D eigenvalue weighted by Gasteiger charge is 2.20. The van der Waals surface area contributed by atoms with Crippen LogP contribution in [-0.4, -0.2) is 30.4 Å². The average molecular weight is 302 g/mol. The molecule has 2 rings (SSSR count). The fourth-order valence-electron chi connectivity index (χ4n) is 2.35. The van der Waals surface area contributed by atoms with Gasteiger partial charge >= 0.3 is 0 Å². The van der Waals surface area contributed by atoms with Crippen LogP contribution in [0.1, 0.15) is 27.7 Å². The number of carbonyl (C=O) groups is 1. The molecule has 0 aliphatic carbocycles. The minimum absolute atomic E-state index is 0.0723. The Balaban J connectivity index is 2.11. The SMILES string of the molecule is CC(Cc1cccs1)N(C)C(=O)c1ccccc1CCN. The summed E-state index contributed by atoms with van der Waals surface area (Å²) in [5.74, 6) is 0.0723. The third kappa shape index (κ3) is 3.93. The van der Waals surface area contributed by atoms with Crippen LogP contribution in [-0.2, 0) is 12.8 Å². The van der Waals surface area contributed by atoms with Crippen molar-refractivity contribution in [3.05, 3.63) is 57.8 Å². The Morgan fingerprint density at radius 3 is 2.71 bits per heavy atom. The summed E-state index contributed by atoms with van der Waals surface area (Å²) in [6.07, 6.45) is 1.62. The zero-order valence-electron chi connectivity index (χ0n) is 12.6. The van der Waals surface area contributed by atoms with Crippen LogP contribution in [0.2, 0.25) is 0 Å². The first-order valence-electron chi connectivity index (χ1n) is 7.21. The number of nitrogens with two attached hydrogens (primary N) is 1. The number of amides is 1. The van der Waals surface area contributed by atoms with Crippen molar-refractivity contribution < 1.29 is 4.79 Å². The molecule has 0 saturated heterocycles. The van der Waals surface area contributed by atoms with Crippen molar-refractivity contribution in [2.24, 2.45) is 5.73 Å². The van der Waals surface area contributed by atoms with Gasteiger partial charge in [-0.15, -0.1) is 11.3 Å². The average Bonchev–Trinajstić information content (AvgIpc) is 2.99. The molecule has 0 radical (unpaired) electrons. The Kier molecular flexibility index (Phi) is 5.53. The fraction of sp³-hybridized carbons (Fsp3) is 0.353. The van der Waals surface area contributed by atoms with Crippen LogP contribution < -0.4 is 5.73 Å². The molecule has 2 aromatic rings. The summed E-state index contributed by atoms with van der Waals surface area (Å²) in [5, 5.41) is 2.07. The summed E-state index contributed by atoms with van der Waals surface area (Å²) in [4.78, 5) is 15.8. The van der Waals surface area contributed by atoms with E-state index in [0.717, 1.165) is 24.0 Å². The van der Waals surface area contributed by atoms with E-state index in [2.05, 4.69) is 18.4 Å². The van der Waals surface area contributed by atoms with Crippen LogP contribution in [0.5, 0.6) is 0 Å². The van der Waals surface area contributed by atoms with Crippen molar-refractivity contribution in [2.75, 3.05) is 13.6 Å². The van der Waals surface area contributed by atoms with Gasteiger partial charge in [0, 0.05) is 30.0 Å². The van der Waals surface area contributed by atoms with Crippen LogP contribution in [0.25, 0.3) is 0 Å². The van der Waals surface area contributed by atoms with E-state index in [1.807, 2.05) is 42.3 Å². The lowest BCUT2D eigenvalue weighted by molar-refractivity contribution is 0.0743. The number of thiophene rings is 1. The van der Waals surface area contributed by atoms with E-state index in [1.54, 1.807) is 11.3 Å². The number of likely N-dealkylation sites (N-methyl/N-ethyl adjacent to an activating group) is 1. The molecule has 21 heavy (non-hydrogen) atoms. The van der Waals surface area contributed by atoms with Gasteiger partial charge in [-0.1, -0.05) is 24.3 Å². The van der Waals surface area contributed by atoms with Crippen molar-refractivity contribution in [1.82, 2.24) is 4.90 Å². The molecule has 1 atom stereocenters. The second kappa shape index (κ2) is 7.38. The smallest absolute Gasteiger partial charge is 0.254 e. The van der Waals surface area contributed by atoms with Gasteiger partial charge in [0.15, 0.2) is 0 Å². The van der Waals surface area contributed by atoms with E-state index in [0.29, 0.717) is 6.54 Å². The highest BCUT2D eigenvalue weighted by molar-refractivity contribution is 7.09. The summed E-state index contributed by atoms with van der Waals surface area (Å²) in [7, 11) is 1.87.